The Labute approximate surface area is 179 Å². The van der Waals surface area contributed by atoms with E-state index in [1.54, 1.807) is 12.1 Å². The second-order valence-corrected chi connectivity index (χ2v) is 9.29. The highest BCUT2D eigenvalue weighted by atomic mass is 79.9. The minimum atomic E-state index is -3.73. The van der Waals surface area contributed by atoms with Gasteiger partial charge in [-0.25, -0.2) is 8.42 Å². The number of carbonyl (C=O) groups excluding carboxylic acids is 1. The zero-order valence-electron chi connectivity index (χ0n) is 16.0. The number of rotatable bonds is 6. The van der Waals surface area contributed by atoms with Crippen LogP contribution in [-0.2, 0) is 10.0 Å². The average molecular weight is 473 g/mol. The van der Waals surface area contributed by atoms with Gasteiger partial charge in [0.05, 0.1) is 16.6 Å². The molecule has 0 saturated heterocycles. The van der Waals surface area contributed by atoms with Crippen LogP contribution in [0.25, 0.3) is 0 Å². The number of sulfonamides is 1. The highest BCUT2D eigenvalue weighted by Gasteiger charge is 2.17. The van der Waals surface area contributed by atoms with Gasteiger partial charge in [0, 0.05) is 10.0 Å². The van der Waals surface area contributed by atoms with Gasteiger partial charge in [-0.3, -0.25) is 9.52 Å². The van der Waals surface area contributed by atoms with Crippen molar-refractivity contribution in [2.45, 2.75) is 24.8 Å². The number of nitrogens with one attached hydrogen (secondary N) is 2. The summed E-state index contributed by atoms with van der Waals surface area (Å²) in [5.74, 6) is -0.267. The maximum atomic E-state index is 12.6. The monoisotopic (exact) mass is 472 g/mol. The van der Waals surface area contributed by atoms with Gasteiger partial charge in [0.2, 0.25) is 0 Å². The van der Waals surface area contributed by atoms with Gasteiger partial charge in [0.25, 0.3) is 15.9 Å². The number of hydrogen-bond acceptors (Lipinski definition) is 3. The van der Waals surface area contributed by atoms with E-state index in [2.05, 4.69) is 26.0 Å². The van der Waals surface area contributed by atoms with Crippen LogP contribution in [0.1, 0.15) is 34.5 Å². The maximum absolute atomic E-state index is 12.6. The summed E-state index contributed by atoms with van der Waals surface area (Å²) in [6, 6.07) is 20.5. The van der Waals surface area contributed by atoms with Crippen molar-refractivity contribution in [3.05, 3.63) is 94.0 Å². The normalized spacial score (nSPS) is 12.2. The lowest BCUT2D eigenvalue weighted by Gasteiger charge is -2.15. The van der Waals surface area contributed by atoms with E-state index in [1.807, 2.05) is 50.2 Å². The van der Waals surface area contributed by atoms with Gasteiger partial charge in [0.15, 0.2) is 0 Å². The van der Waals surface area contributed by atoms with Crippen LogP contribution in [-0.4, -0.2) is 14.3 Å². The van der Waals surface area contributed by atoms with Crippen LogP contribution >= 0.6 is 15.9 Å². The highest BCUT2D eigenvalue weighted by molar-refractivity contribution is 9.10. The van der Waals surface area contributed by atoms with Crippen molar-refractivity contribution in [2.75, 3.05) is 4.72 Å². The van der Waals surface area contributed by atoms with Gasteiger partial charge in [-0.05, 0) is 67.4 Å². The number of anilines is 1. The van der Waals surface area contributed by atoms with Crippen molar-refractivity contribution < 1.29 is 13.2 Å². The molecule has 1 amide bonds. The summed E-state index contributed by atoms with van der Waals surface area (Å²) < 4.78 is 28.8. The van der Waals surface area contributed by atoms with Gasteiger partial charge in [0.1, 0.15) is 0 Å². The van der Waals surface area contributed by atoms with Crippen molar-refractivity contribution in [2.24, 2.45) is 0 Å². The fraction of sp³-hybridized carbons (Fsp3) is 0.136. The third kappa shape index (κ3) is 5.25. The van der Waals surface area contributed by atoms with E-state index in [0.29, 0.717) is 11.3 Å². The average Bonchev–Trinajstić information content (AvgIpc) is 2.70. The minimum Gasteiger partial charge on any atom is -0.346 e. The lowest BCUT2D eigenvalue weighted by molar-refractivity contribution is 0.0940. The number of para-hydroxylation sites is 1. The van der Waals surface area contributed by atoms with Crippen molar-refractivity contribution in [3.63, 3.8) is 0 Å². The van der Waals surface area contributed by atoms with Crippen LogP contribution in [0.2, 0.25) is 0 Å². The fourth-order valence-corrected chi connectivity index (χ4v) is 4.19. The smallest absolute Gasteiger partial charge is 0.261 e. The maximum Gasteiger partial charge on any atom is 0.261 e. The predicted molar refractivity (Wildman–Crippen MR) is 118 cm³/mol. The fourth-order valence-electron chi connectivity index (χ4n) is 2.79. The first-order valence-electron chi connectivity index (χ1n) is 9.01. The molecule has 0 aliphatic rings. The predicted octanol–water partition coefficient (Wildman–Crippen LogP) is 5.05. The zero-order valence-corrected chi connectivity index (χ0v) is 18.4. The molecule has 29 heavy (non-hydrogen) atoms. The molecule has 7 heteroatoms. The number of hydrogen-bond donors (Lipinski definition) is 2. The Hall–Kier alpha value is -2.64. The van der Waals surface area contributed by atoms with E-state index < -0.39 is 10.0 Å². The molecule has 150 valence electrons. The standard InChI is InChI=1S/C22H21BrN2O3S/c1-15-5-3-4-6-21(15)25-29(27,28)20-13-9-18(10-14-20)22(26)24-16(2)17-7-11-19(23)12-8-17/h3-14,16,25H,1-2H3,(H,24,26)/t16-/m0/s1. The van der Waals surface area contributed by atoms with Crippen LogP contribution in [0.15, 0.2) is 82.2 Å². The summed E-state index contributed by atoms with van der Waals surface area (Å²) in [6.07, 6.45) is 0. The van der Waals surface area contributed by atoms with Crippen LogP contribution in [0, 0.1) is 6.92 Å². The molecule has 0 aromatic heterocycles. The largest absolute Gasteiger partial charge is 0.346 e. The summed E-state index contributed by atoms with van der Waals surface area (Å²) >= 11 is 3.39. The Morgan fingerprint density at radius 1 is 0.931 bits per heavy atom. The van der Waals surface area contributed by atoms with E-state index >= 15 is 0 Å². The van der Waals surface area contributed by atoms with Gasteiger partial charge in [-0.1, -0.05) is 46.3 Å². The van der Waals surface area contributed by atoms with Gasteiger partial charge in [-0.15, -0.1) is 0 Å². The number of benzene rings is 3. The zero-order chi connectivity index (χ0) is 21.0. The van der Waals surface area contributed by atoms with Crippen LogP contribution in [0.3, 0.4) is 0 Å². The molecule has 0 radical (unpaired) electrons. The van der Waals surface area contributed by atoms with E-state index in [0.717, 1.165) is 15.6 Å². The lowest BCUT2D eigenvalue weighted by Crippen LogP contribution is -2.26. The first-order chi connectivity index (χ1) is 13.8. The third-order valence-corrected chi connectivity index (χ3v) is 6.44. The highest BCUT2D eigenvalue weighted by Crippen LogP contribution is 2.20. The molecule has 0 aliphatic carbocycles. The summed E-state index contributed by atoms with van der Waals surface area (Å²) in [5.41, 5.74) is 2.72. The molecule has 0 aliphatic heterocycles. The first kappa shape index (κ1) is 21.1. The molecule has 0 fully saturated rings. The molecule has 3 aromatic carbocycles. The van der Waals surface area contributed by atoms with E-state index in [9.17, 15) is 13.2 Å². The van der Waals surface area contributed by atoms with E-state index in [4.69, 9.17) is 0 Å². The SMILES string of the molecule is Cc1ccccc1NS(=O)(=O)c1ccc(C(=O)N[C@@H](C)c2ccc(Br)cc2)cc1. The topological polar surface area (TPSA) is 75.3 Å². The first-order valence-corrected chi connectivity index (χ1v) is 11.3. The van der Waals surface area contributed by atoms with E-state index in [-0.39, 0.29) is 16.8 Å². The van der Waals surface area contributed by atoms with Gasteiger partial charge in [-0.2, -0.15) is 0 Å². The molecule has 1 atom stereocenters. The molecule has 0 unspecified atom stereocenters. The summed E-state index contributed by atoms with van der Waals surface area (Å²) in [6.45, 7) is 3.73. The molecular formula is C22H21BrN2O3S. The van der Waals surface area contributed by atoms with Crippen molar-refractivity contribution in [3.8, 4) is 0 Å². The van der Waals surface area contributed by atoms with Crippen molar-refractivity contribution in [1.29, 1.82) is 0 Å². The lowest BCUT2D eigenvalue weighted by atomic mass is 10.1. The summed E-state index contributed by atoms with van der Waals surface area (Å²) in [5, 5.41) is 2.92. The van der Waals surface area contributed by atoms with E-state index in [1.165, 1.54) is 24.3 Å². The molecule has 0 heterocycles. The second-order valence-electron chi connectivity index (χ2n) is 6.69. The molecule has 3 rings (SSSR count). The van der Waals surface area contributed by atoms with Crippen molar-refractivity contribution in [1.82, 2.24) is 5.32 Å². The third-order valence-electron chi connectivity index (χ3n) is 4.53. The summed E-state index contributed by atoms with van der Waals surface area (Å²) in [4.78, 5) is 12.6. The van der Waals surface area contributed by atoms with Crippen LogP contribution < -0.4 is 10.0 Å². The molecule has 0 spiro atoms. The Kier molecular flexibility index (Phi) is 6.39. The quantitative estimate of drug-likeness (QED) is 0.526. The Bertz CT molecular complexity index is 1110. The Morgan fingerprint density at radius 3 is 2.17 bits per heavy atom. The minimum absolute atomic E-state index is 0.0956. The molecular weight excluding hydrogens is 452 g/mol. The van der Waals surface area contributed by atoms with Gasteiger partial charge < -0.3 is 5.32 Å². The van der Waals surface area contributed by atoms with Crippen LogP contribution in [0.4, 0.5) is 5.69 Å². The Morgan fingerprint density at radius 2 is 1.55 bits per heavy atom. The number of aryl methyl sites for hydroxylation is 1. The molecule has 5 nitrogen and oxygen atoms in total. The molecule has 0 bridgehead atoms. The summed E-state index contributed by atoms with van der Waals surface area (Å²) in [7, 11) is -3.73. The number of carbonyl (C=O) groups is 1. The molecule has 3 aromatic rings. The van der Waals surface area contributed by atoms with Crippen LogP contribution in [0.5, 0.6) is 0 Å². The molecule has 2 N–H and O–H groups in total. The number of amides is 1. The number of halogens is 1. The second kappa shape index (κ2) is 8.80. The molecule has 0 saturated carbocycles. The van der Waals surface area contributed by atoms with Gasteiger partial charge >= 0.3 is 0 Å². The Balaban J connectivity index is 1.71. The van der Waals surface area contributed by atoms with Crippen molar-refractivity contribution >= 4 is 37.5 Å².